The van der Waals surface area contributed by atoms with E-state index in [2.05, 4.69) is 4.98 Å². The zero-order valence-corrected chi connectivity index (χ0v) is 16.5. The Bertz CT molecular complexity index is 1120. The Hall–Kier alpha value is -3.61. The number of rotatable bonds is 7. The van der Waals surface area contributed by atoms with Crippen molar-refractivity contribution in [3.05, 3.63) is 75.8 Å². The van der Waals surface area contributed by atoms with E-state index in [1.54, 1.807) is 43.6 Å². The molecule has 1 aromatic carbocycles. The van der Waals surface area contributed by atoms with Gasteiger partial charge >= 0.3 is 5.97 Å². The van der Waals surface area contributed by atoms with Gasteiger partial charge in [-0.3, -0.25) is 9.20 Å². The van der Waals surface area contributed by atoms with Crippen LogP contribution < -0.4 is 15.0 Å². The molecule has 0 radical (unpaired) electrons. The molecule has 3 rings (SSSR count). The van der Waals surface area contributed by atoms with E-state index in [1.807, 2.05) is 19.9 Å². The zero-order chi connectivity index (χ0) is 20.8. The molecule has 0 unspecified atom stereocenters. The van der Waals surface area contributed by atoms with Gasteiger partial charge in [0.2, 0.25) is 0 Å². The van der Waals surface area contributed by atoms with Gasteiger partial charge in [0.1, 0.15) is 12.3 Å². The number of aryl methyl sites for hydroxylation is 1. The van der Waals surface area contributed by atoms with Crippen molar-refractivity contribution in [3.8, 4) is 11.5 Å². The molecule has 0 atom stereocenters. The van der Waals surface area contributed by atoms with Crippen molar-refractivity contribution in [3.63, 3.8) is 0 Å². The first kappa shape index (κ1) is 20.1. The van der Waals surface area contributed by atoms with Crippen LogP contribution in [0.5, 0.6) is 11.5 Å². The molecule has 0 bridgehead atoms. The average molecular weight is 394 g/mol. The quantitative estimate of drug-likeness (QED) is 0.452. The third-order valence-electron chi connectivity index (χ3n) is 4.20. The molecule has 0 N–H and O–H groups in total. The molecule has 150 valence electrons. The van der Waals surface area contributed by atoms with Crippen LogP contribution in [0.25, 0.3) is 11.7 Å². The standard InChI is InChI=1S/C22H22N2O5/c1-4-28-19-12-16(7-9-18(19)27-3)8-10-21(26)29-14-17-13-20(25)24-11-5-6-15(2)22(24)23-17/h5-13H,4,14H2,1-3H3/b10-8+. The number of pyridine rings is 1. The maximum atomic E-state index is 12.2. The normalized spacial score (nSPS) is 11.0. The number of nitrogens with zero attached hydrogens (tertiary/aromatic N) is 2. The Morgan fingerprint density at radius 1 is 1.21 bits per heavy atom. The second-order valence-electron chi connectivity index (χ2n) is 6.25. The largest absolute Gasteiger partial charge is 0.493 e. The van der Waals surface area contributed by atoms with E-state index in [4.69, 9.17) is 14.2 Å². The van der Waals surface area contributed by atoms with Gasteiger partial charge in [0.15, 0.2) is 11.5 Å². The molecule has 0 spiro atoms. The molecule has 2 aromatic heterocycles. The summed E-state index contributed by atoms with van der Waals surface area (Å²) in [6.07, 6.45) is 4.59. The molecule has 7 nitrogen and oxygen atoms in total. The van der Waals surface area contributed by atoms with Gasteiger partial charge in [-0.15, -0.1) is 0 Å². The van der Waals surface area contributed by atoms with Crippen molar-refractivity contribution < 1.29 is 19.0 Å². The van der Waals surface area contributed by atoms with Gasteiger partial charge in [0, 0.05) is 18.3 Å². The van der Waals surface area contributed by atoms with E-state index in [0.717, 1.165) is 11.1 Å². The number of ether oxygens (including phenoxy) is 3. The summed E-state index contributed by atoms with van der Waals surface area (Å²) in [6.45, 7) is 4.17. The van der Waals surface area contributed by atoms with E-state index < -0.39 is 5.97 Å². The van der Waals surface area contributed by atoms with Gasteiger partial charge in [-0.1, -0.05) is 12.1 Å². The predicted molar refractivity (Wildman–Crippen MR) is 109 cm³/mol. The lowest BCUT2D eigenvalue weighted by atomic mass is 10.2. The summed E-state index contributed by atoms with van der Waals surface area (Å²) in [5, 5.41) is 0. The zero-order valence-electron chi connectivity index (χ0n) is 16.5. The number of aromatic nitrogens is 2. The van der Waals surface area contributed by atoms with E-state index in [1.165, 1.54) is 16.5 Å². The van der Waals surface area contributed by atoms with E-state index >= 15 is 0 Å². The molecule has 0 saturated carbocycles. The molecule has 29 heavy (non-hydrogen) atoms. The van der Waals surface area contributed by atoms with E-state index in [0.29, 0.717) is 29.4 Å². The minimum absolute atomic E-state index is 0.0872. The van der Waals surface area contributed by atoms with Crippen LogP contribution in [0.15, 0.2) is 53.5 Å². The highest BCUT2D eigenvalue weighted by molar-refractivity contribution is 5.87. The molecule has 3 aromatic rings. The maximum Gasteiger partial charge on any atom is 0.331 e. The van der Waals surface area contributed by atoms with Crippen LogP contribution >= 0.6 is 0 Å². The molecule has 7 heteroatoms. The van der Waals surface area contributed by atoms with Crippen LogP contribution in [0, 0.1) is 6.92 Å². The highest BCUT2D eigenvalue weighted by Gasteiger charge is 2.07. The summed E-state index contributed by atoms with van der Waals surface area (Å²) in [6, 6.07) is 10.4. The summed E-state index contributed by atoms with van der Waals surface area (Å²) in [5.41, 5.74) is 2.35. The fourth-order valence-corrected chi connectivity index (χ4v) is 2.81. The number of carbonyl (C=O) groups is 1. The van der Waals surface area contributed by atoms with Gasteiger partial charge in [-0.25, -0.2) is 9.78 Å². The summed E-state index contributed by atoms with van der Waals surface area (Å²) in [5.74, 6) is 0.683. The second kappa shape index (κ2) is 9.05. The molecule has 0 fully saturated rings. The van der Waals surface area contributed by atoms with Crippen LogP contribution in [0.3, 0.4) is 0 Å². The van der Waals surface area contributed by atoms with Crippen LogP contribution in [0.1, 0.15) is 23.7 Å². The lowest BCUT2D eigenvalue weighted by Gasteiger charge is -2.09. The van der Waals surface area contributed by atoms with Crippen molar-refractivity contribution in [1.29, 1.82) is 0 Å². The SMILES string of the molecule is CCOc1cc(/C=C/C(=O)OCc2cc(=O)n3cccc(C)c3n2)ccc1OC. The molecule has 0 saturated heterocycles. The van der Waals surface area contributed by atoms with Crippen LogP contribution in [-0.4, -0.2) is 29.1 Å². The van der Waals surface area contributed by atoms with Crippen molar-refractivity contribution in [2.24, 2.45) is 0 Å². The minimum atomic E-state index is -0.537. The Labute approximate surface area is 168 Å². The first-order valence-corrected chi connectivity index (χ1v) is 9.15. The second-order valence-corrected chi connectivity index (χ2v) is 6.25. The minimum Gasteiger partial charge on any atom is -0.493 e. The Kier molecular flexibility index (Phi) is 6.29. The Balaban J connectivity index is 1.69. The number of benzene rings is 1. The molecule has 2 heterocycles. The van der Waals surface area contributed by atoms with Gasteiger partial charge in [-0.05, 0) is 49.2 Å². The lowest BCUT2D eigenvalue weighted by Crippen LogP contribution is -2.17. The number of hydrogen-bond acceptors (Lipinski definition) is 6. The van der Waals surface area contributed by atoms with Crippen LogP contribution in [-0.2, 0) is 16.1 Å². The first-order valence-electron chi connectivity index (χ1n) is 9.15. The first-order chi connectivity index (χ1) is 14.0. The molecule has 0 amide bonds. The number of carbonyl (C=O) groups excluding carboxylic acids is 1. The van der Waals surface area contributed by atoms with Crippen LogP contribution in [0.2, 0.25) is 0 Å². The van der Waals surface area contributed by atoms with Gasteiger partial charge < -0.3 is 14.2 Å². The Morgan fingerprint density at radius 3 is 2.79 bits per heavy atom. The fraction of sp³-hybridized carbons (Fsp3) is 0.227. The molecule has 0 aliphatic rings. The Morgan fingerprint density at radius 2 is 2.03 bits per heavy atom. The van der Waals surface area contributed by atoms with Crippen molar-refractivity contribution >= 4 is 17.7 Å². The third-order valence-corrected chi connectivity index (χ3v) is 4.20. The molecule has 0 aliphatic carbocycles. The molecular formula is C22H22N2O5. The van der Waals surface area contributed by atoms with Crippen LogP contribution in [0.4, 0.5) is 0 Å². The number of methoxy groups -OCH3 is 1. The fourth-order valence-electron chi connectivity index (χ4n) is 2.81. The topological polar surface area (TPSA) is 79.1 Å². The summed E-state index contributed by atoms with van der Waals surface area (Å²) in [4.78, 5) is 28.7. The number of hydrogen-bond donors (Lipinski definition) is 0. The summed E-state index contributed by atoms with van der Waals surface area (Å²) < 4.78 is 17.4. The highest BCUT2D eigenvalue weighted by Crippen LogP contribution is 2.28. The average Bonchev–Trinajstić information content (AvgIpc) is 2.72. The van der Waals surface area contributed by atoms with E-state index in [9.17, 15) is 9.59 Å². The van der Waals surface area contributed by atoms with Crippen molar-refractivity contribution in [1.82, 2.24) is 9.38 Å². The smallest absolute Gasteiger partial charge is 0.331 e. The summed E-state index contributed by atoms with van der Waals surface area (Å²) in [7, 11) is 1.57. The van der Waals surface area contributed by atoms with Crippen molar-refractivity contribution in [2.45, 2.75) is 20.5 Å². The molecular weight excluding hydrogens is 372 g/mol. The van der Waals surface area contributed by atoms with Gasteiger partial charge in [0.25, 0.3) is 5.56 Å². The number of esters is 1. The monoisotopic (exact) mass is 394 g/mol. The number of fused-ring (bicyclic) bond motifs is 1. The lowest BCUT2D eigenvalue weighted by molar-refractivity contribution is -0.139. The van der Waals surface area contributed by atoms with E-state index in [-0.39, 0.29) is 12.2 Å². The molecule has 0 aliphatic heterocycles. The predicted octanol–water partition coefficient (Wildman–Crippen LogP) is 3.17. The van der Waals surface area contributed by atoms with Crippen molar-refractivity contribution in [2.75, 3.05) is 13.7 Å². The van der Waals surface area contributed by atoms with Gasteiger partial charge in [0.05, 0.1) is 19.4 Å². The highest BCUT2D eigenvalue weighted by atomic mass is 16.5. The van der Waals surface area contributed by atoms with Gasteiger partial charge in [-0.2, -0.15) is 0 Å². The summed E-state index contributed by atoms with van der Waals surface area (Å²) >= 11 is 0. The maximum absolute atomic E-state index is 12.2. The third kappa shape index (κ3) is 4.82.